The lowest BCUT2D eigenvalue weighted by atomic mass is 10.0. The van der Waals surface area contributed by atoms with Crippen molar-refractivity contribution in [2.45, 2.75) is 31.3 Å². The average Bonchev–Trinajstić information content (AvgIpc) is 3.41. The molecule has 12 heteroatoms. The van der Waals surface area contributed by atoms with E-state index in [0.717, 1.165) is 78.6 Å². The number of aryl methyl sites for hydroxylation is 1. The van der Waals surface area contributed by atoms with E-state index in [1.54, 1.807) is 24.8 Å². The van der Waals surface area contributed by atoms with Crippen LogP contribution in [0.25, 0.3) is 22.8 Å². The zero-order valence-electron chi connectivity index (χ0n) is 21.6. The molecule has 5 rings (SSSR count). The van der Waals surface area contributed by atoms with Crippen LogP contribution in [0.5, 0.6) is 5.75 Å². The Morgan fingerprint density at radius 3 is 2.61 bits per heavy atom. The van der Waals surface area contributed by atoms with Crippen molar-refractivity contribution in [2.24, 2.45) is 7.05 Å². The first kappa shape index (κ1) is 26.4. The molecule has 0 N–H and O–H groups in total. The fraction of sp³-hybridized carbons (Fsp3) is 0.385. The molecule has 0 bridgehead atoms. The molecular formula is C26H30N6O4S2. The molecule has 0 radical (unpaired) electrons. The summed E-state index contributed by atoms with van der Waals surface area (Å²) in [5, 5.41) is 13.7. The van der Waals surface area contributed by atoms with Crippen molar-refractivity contribution >= 4 is 21.9 Å². The first-order valence-electron chi connectivity index (χ1n) is 12.4. The number of hydrogen-bond acceptors (Lipinski definition) is 10. The lowest BCUT2D eigenvalue weighted by molar-refractivity contribution is 0.289. The van der Waals surface area contributed by atoms with Crippen LogP contribution < -0.4 is 4.18 Å². The van der Waals surface area contributed by atoms with E-state index in [9.17, 15) is 8.42 Å². The highest BCUT2D eigenvalue weighted by Crippen LogP contribution is 2.27. The Balaban J connectivity index is 1.13. The van der Waals surface area contributed by atoms with Crippen LogP contribution >= 0.6 is 11.8 Å². The van der Waals surface area contributed by atoms with Gasteiger partial charge in [0.1, 0.15) is 5.75 Å². The van der Waals surface area contributed by atoms with Gasteiger partial charge >= 0.3 is 10.1 Å². The van der Waals surface area contributed by atoms with E-state index in [0.29, 0.717) is 17.5 Å². The fourth-order valence-electron chi connectivity index (χ4n) is 4.56. The van der Waals surface area contributed by atoms with Gasteiger partial charge in [0.25, 0.3) is 0 Å². The molecule has 1 aliphatic rings. The van der Waals surface area contributed by atoms with Crippen LogP contribution in [0.4, 0.5) is 0 Å². The van der Waals surface area contributed by atoms with E-state index in [2.05, 4.69) is 25.2 Å². The second-order valence-electron chi connectivity index (χ2n) is 9.34. The Morgan fingerprint density at radius 2 is 1.84 bits per heavy atom. The van der Waals surface area contributed by atoms with Gasteiger partial charge in [-0.1, -0.05) is 41.2 Å². The zero-order valence-corrected chi connectivity index (χ0v) is 23.3. The van der Waals surface area contributed by atoms with Gasteiger partial charge in [0.2, 0.25) is 11.7 Å². The number of fused-ring (bicyclic) bond motifs is 1. The smallest absolute Gasteiger partial charge is 0.306 e. The quantitative estimate of drug-likeness (QED) is 0.172. The molecule has 4 aromatic rings. The molecule has 10 nitrogen and oxygen atoms in total. The minimum Gasteiger partial charge on any atom is -0.383 e. The molecule has 3 heterocycles. The summed E-state index contributed by atoms with van der Waals surface area (Å²) in [6.07, 6.45) is 3.91. The van der Waals surface area contributed by atoms with E-state index < -0.39 is 10.1 Å². The minimum absolute atomic E-state index is 0.385. The van der Waals surface area contributed by atoms with Crippen LogP contribution in [0.2, 0.25) is 0 Å². The predicted octanol–water partition coefficient (Wildman–Crippen LogP) is 3.76. The van der Waals surface area contributed by atoms with Crippen molar-refractivity contribution in [1.29, 1.82) is 0 Å². The second kappa shape index (κ2) is 11.3. The molecule has 38 heavy (non-hydrogen) atoms. The molecule has 0 aliphatic carbocycles. The Hall–Kier alpha value is -3.22. The molecule has 0 fully saturated rings. The van der Waals surface area contributed by atoms with Gasteiger partial charge in [-0.05, 0) is 55.1 Å². The van der Waals surface area contributed by atoms with Gasteiger partial charge in [-0.25, -0.2) is 0 Å². The van der Waals surface area contributed by atoms with Gasteiger partial charge in [0, 0.05) is 43.9 Å². The molecule has 0 unspecified atom stereocenters. The predicted molar refractivity (Wildman–Crippen MR) is 146 cm³/mol. The van der Waals surface area contributed by atoms with Crippen molar-refractivity contribution in [2.75, 3.05) is 31.6 Å². The molecule has 2 aromatic carbocycles. The van der Waals surface area contributed by atoms with Crippen LogP contribution in [0.15, 0.2) is 52.1 Å². The van der Waals surface area contributed by atoms with Crippen LogP contribution in [-0.2, 0) is 30.0 Å². The Labute approximate surface area is 226 Å². The van der Waals surface area contributed by atoms with Crippen molar-refractivity contribution in [1.82, 2.24) is 29.8 Å². The van der Waals surface area contributed by atoms with Gasteiger partial charge < -0.3 is 18.2 Å². The van der Waals surface area contributed by atoms with E-state index in [1.807, 2.05) is 48.0 Å². The third kappa shape index (κ3) is 6.43. The van der Waals surface area contributed by atoms with Crippen molar-refractivity contribution in [3.8, 4) is 28.5 Å². The molecule has 0 saturated carbocycles. The summed E-state index contributed by atoms with van der Waals surface area (Å²) >= 11 is 1.70. The summed E-state index contributed by atoms with van der Waals surface area (Å²) < 4.78 is 35.1. The molecule has 0 saturated heterocycles. The molecular weight excluding hydrogens is 524 g/mol. The Kier molecular flexibility index (Phi) is 7.82. The lowest BCUT2D eigenvalue weighted by Gasteiger charge is -2.19. The van der Waals surface area contributed by atoms with Crippen LogP contribution in [0.1, 0.15) is 23.4 Å². The molecule has 1 aliphatic heterocycles. The SMILES string of the molecule is Cc1nc(-c2cccc(-c3nnc(SCCCN4CCc5ccc(OS(C)(=O)=O)cc5CC4)n3C)c2)no1. The maximum Gasteiger partial charge on any atom is 0.306 e. The topological polar surface area (TPSA) is 116 Å². The summed E-state index contributed by atoms with van der Waals surface area (Å²) in [6.45, 7) is 4.68. The summed E-state index contributed by atoms with van der Waals surface area (Å²) in [5.41, 5.74) is 4.23. The maximum absolute atomic E-state index is 11.5. The van der Waals surface area contributed by atoms with Gasteiger partial charge in [0.15, 0.2) is 11.0 Å². The van der Waals surface area contributed by atoms with Crippen molar-refractivity contribution < 1.29 is 17.1 Å². The van der Waals surface area contributed by atoms with E-state index >= 15 is 0 Å². The van der Waals surface area contributed by atoms with Gasteiger partial charge in [0.05, 0.1) is 6.26 Å². The van der Waals surface area contributed by atoms with Crippen LogP contribution in [0, 0.1) is 6.92 Å². The highest BCUT2D eigenvalue weighted by atomic mass is 32.2. The largest absolute Gasteiger partial charge is 0.383 e. The highest BCUT2D eigenvalue weighted by Gasteiger charge is 2.17. The first-order valence-corrected chi connectivity index (χ1v) is 15.2. The Morgan fingerprint density at radius 1 is 1.05 bits per heavy atom. The third-order valence-electron chi connectivity index (χ3n) is 6.41. The summed E-state index contributed by atoms with van der Waals surface area (Å²) in [7, 11) is -1.54. The van der Waals surface area contributed by atoms with Gasteiger partial charge in [-0.2, -0.15) is 13.4 Å². The maximum atomic E-state index is 11.5. The monoisotopic (exact) mass is 554 g/mol. The normalized spacial score (nSPS) is 14.3. The summed E-state index contributed by atoms with van der Waals surface area (Å²) in [4.78, 5) is 6.77. The number of thioether (sulfide) groups is 1. The standard InChI is InChI=1S/C26H30N6O4S2/c1-18-27-24(30-35-18)21-6-4-7-22(16-21)25-28-29-26(31(25)2)37-15-5-12-32-13-10-19-8-9-23(36-38(3,33)34)17-20(19)11-14-32/h4,6-9,16-17H,5,10-15H2,1-3H3. The van der Waals surface area contributed by atoms with E-state index in [4.69, 9.17) is 8.71 Å². The summed E-state index contributed by atoms with van der Waals surface area (Å²) in [5.74, 6) is 3.19. The number of nitrogens with zero attached hydrogens (tertiary/aromatic N) is 6. The van der Waals surface area contributed by atoms with Crippen LogP contribution in [0.3, 0.4) is 0 Å². The molecule has 0 amide bonds. The highest BCUT2D eigenvalue weighted by molar-refractivity contribution is 7.99. The lowest BCUT2D eigenvalue weighted by Crippen LogP contribution is -2.27. The van der Waals surface area contributed by atoms with Crippen LogP contribution in [-0.4, -0.2) is 69.9 Å². The van der Waals surface area contributed by atoms with Gasteiger partial charge in [-0.15, -0.1) is 10.2 Å². The number of aromatic nitrogens is 5. The van der Waals surface area contributed by atoms with Crippen molar-refractivity contribution in [3.05, 3.63) is 59.5 Å². The van der Waals surface area contributed by atoms with E-state index in [-0.39, 0.29) is 0 Å². The molecule has 0 atom stereocenters. The average molecular weight is 555 g/mol. The van der Waals surface area contributed by atoms with E-state index in [1.165, 1.54) is 5.56 Å². The number of benzene rings is 2. The number of rotatable bonds is 9. The van der Waals surface area contributed by atoms with Gasteiger partial charge in [-0.3, -0.25) is 0 Å². The molecule has 200 valence electrons. The number of hydrogen-bond donors (Lipinski definition) is 0. The Bertz CT molecular complexity index is 1530. The fourth-order valence-corrected chi connectivity index (χ4v) is 5.84. The first-order chi connectivity index (χ1) is 18.2. The minimum atomic E-state index is -3.52. The summed E-state index contributed by atoms with van der Waals surface area (Å²) in [6, 6.07) is 13.5. The zero-order chi connectivity index (χ0) is 26.7. The second-order valence-corrected chi connectivity index (χ2v) is 12.0. The van der Waals surface area contributed by atoms with Crippen molar-refractivity contribution in [3.63, 3.8) is 0 Å². The third-order valence-corrected chi connectivity index (χ3v) is 8.01. The molecule has 0 spiro atoms. The molecule has 2 aromatic heterocycles.